The number of nitrogens with two attached hydrogens (primary N) is 1. The van der Waals surface area contributed by atoms with Gasteiger partial charge < -0.3 is 15.2 Å². The molecule has 2 N–H and O–H groups in total. The lowest BCUT2D eigenvalue weighted by molar-refractivity contribution is 0.416. The van der Waals surface area contributed by atoms with Crippen molar-refractivity contribution in [1.82, 2.24) is 14.5 Å². The first-order chi connectivity index (χ1) is 12.8. The van der Waals surface area contributed by atoms with Crippen LogP contribution in [-0.2, 0) is 7.05 Å². The molecule has 4 rings (SSSR count). The van der Waals surface area contributed by atoms with E-state index in [1.54, 1.807) is 0 Å². The van der Waals surface area contributed by atoms with Crippen LogP contribution in [0.5, 0.6) is 0 Å². The van der Waals surface area contributed by atoms with Gasteiger partial charge in [-0.15, -0.1) is 0 Å². The molecular formula is C19H20F3N5. The molecule has 1 saturated heterocycles. The quantitative estimate of drug-likeness (QED) is 0.700. The summed E-state index contributed by atoms with van der Waals surface area (Å²) in [6.07, 6.45) is 0.521. The topological polar surface area (TPSA) is 60.0 Å². The average molecular weight is 375 g/mol. The maximum atomic E-state index is 14.1. The number of imidazole rings is 1. The van der Waals surface area contributed by atoms with E-state index >= 15 is 0 Å². The molecule has 0 aliphatic carbocycles. The first-order valence-corrected chi connectivity index (χ1v) is 8.80. The van der Waals surface area contributed by atoms with Crippen molar-refractivity contribution in [2.24, 2.45) is 12.8 Å². The minimum atomic E-state index is -1.19. The van der Waals surface area contributed by atoms with E-state index in [1.807, 2.05) is 35.6 Å². The van der Waals surface area contributed by atoms with Gasteiger partial charge in [-0.25, -0.2) is 23.1 Å². The molecule has 5 nitrogen and oxygen atoms in total. The Kier molecular flexibility index (Phi) is 4.30. The number of anilines is 1. The number of piperidine rings is 1. The zero-order chi connectivity index (χ0) is 19.3. The summed E-state index contributed by atoms with van der Waals surface area (Å²) in [5, 5.41) is 0. The number of nitrogens with zero attached hydrogens (tertiary/aromatic N) is 4. The molecule has 0 bridgehead atoms. The van der Waals surface area contributed by atoms with Crippen molar-refractivity contribution >= 4 is 17.0 Å². The second-order valence-electron chi connectivity index (χ2n) is 7.02. The first kappa shape index (κ1) is 17.8. The van der Waals surface area contributed by atoms with Gasteiger partial charge in [0.15, 0.2) is 17.3 Å². The summed E-state index contributed by atoms with van der Waals surface area (Å²) < 4.78 is 42.8. The number of fused-ring (bicyclic) bond motifs is 1. The van der Waals surface area contributed by atoms with Gasteiger partial charge in [0.25, 0.3) is 0 Å². The second-order valence-corrected chi connectivity index (χ2v) is 7.02. The van der Waals surface area contributed by atoms with Gasteiger partial charge in [-0.2, -0.15) is 0 Å². The number of halogens is 3. The molecule has 8 heteroatoms. The third-order valence-electron chi connectivity index (χ3n) is 5.35. The Morgan fingerprint density at radius 1 is 1.07 bits per heavy atom. The zero-order valence-corrected chi connectivity index (χ0v) is 15.1. The SMILES string of the molecule is Cc1nc2ccc(N3CC[C@H](c4cc(F)c(F)cc4F)[C@@H](N)C3)nc2n1C. The third-order valence-corrected chi connectivity index (χ3v) is 5.35. The number of hydrogen-bond donors (Lipinski definition) is 1. The molecule has 27 heavy (non-hydrogen) atoms. The monoisotopic (exact) mass is 375 g/mol. The van der Waals surface area contributed by atoms with Crippen LogP contribution in [0.1, 0.15) is 23.7 Å². The highest BCUT2D eigenvalue weighted by atomic mass is 19.2. The Morgan fingerprint density at radius 3 is 2.56 bits per heavy atom. The van der Waals surface area contributed by atoms with Gasteiger partial charge in [0, 0.05) is 38.2 Å². The van der Waals surface area contributed by atoms with Crippen LogP contribution in [0.4, 0.5) is 19.0 Å². The number of rotatable bonds is 2. The Hall–Kier alpha value is -2.61. The summed E-state index contributed by atoms with van der Waals surface area (Å²) in [5.41, 5.74) is 8.01. The highest BCUT2D eigenvalue weighted by Gasteiger charge is 2.31. The van der Waals surface area contributed by atoms with Crippen molar-refractivity contribution in [3.8, 4) is 0 Å². The number of benzene rings is 1. The van der Waals surface area contributed by atoms with Gasteiger partial charge in [-0.05, 0) is 37.1 Å². The maximum Gasteiger partial charge on any atom is 0.162 e. The third kappa shape index (κ3) is 3.03. The summed E-state index contributed by atoms with van der Waals surface area (Å²) in [6.45, 7) is 2.95. The van der Waals surface area contributed by atoms with Crippen molar-refractivity contribution in [2.45, 2.75) is 25.3 Å². The molecule has 3 aromatic rings. The number of pyridine rings is 1. The number of aryl methyl sites for hydroxylation is 2. The van der Waals surface area contributed by atoms with Gasteiger partial charge in [-0.3, -0.25) is 0 Å². The van der Waals surface area contributed by atoms with Crippen LogP contribution in [0.2, 0.25) is 0 Å². The Labute approximate surface area is 154 Å². The average Bonchev–Trinajstić information content (AvgIpc) is 2.92. The molecule has 0 unspecified atom stereocenters. The van der Waals surface area contributed by atoms with E-state index in [0.717, 1.165) is 28.9 Å². The second kappa shape index (κ2) is 6.53. The molecular weight excluding hydrogens is 355 g/mol. The molecule has 142 valence electrons. The van der Waals surface area contributed by atoms with Crippen LogP contribution >= 0.6 is 0 Å². The molecule has 1 aliphatic heterocycles. The molecule has 1 fully saturated rings. The molecule has 0 amide bonds. The van der Waals surface area contributed by atoms with Gasteiger partial charge >= 0.3 is 0 Å². The number of hydrogen-bond acceptors (Lipinski definition) is 4. The molecule has 2 aromatic heterocycles. The van der Waals surface area contributed by atoms with Crippen LogP contribution in [0.25, 0.3) is 11.2 Å². The summed E-state index contributed by atoms with van der Waals surface area (Å²) in [5.74, 6) is -1.73. The van der Waals surface area contributed by atoms with E-state index < -0.39 is 23.5 Å². The van der Waals surface area contributed by atoms with Gasteiger partial charge in [0.05, 0.1) is 0 Å². The van der Waals surface area contributed by atoms with Gasteiger partial charge in [0.1, 0.15) is 23.0 Å². The molecule has 0 saturated carbocycles. The lowest BCUT2D eigenvalue weighted by Gasteiger charge is -2.37. The van der Waals surface area contributed by atoms with E-state index in [1.165, 1.54) is 0 Å². The molecule has 2 atom stereocenters. The van der Waals surface area contributed by atoms with Crippen molar-refractivity contribution in [3.63, 3.8) is 0 Å². The molecule has 0 spiro atoms. The zero-order valence-electron chi connectivity index (χ0n) is 15.1. The Bertz CT molecular complexity index is 1020. The minimum absolute atomic E-state index is 0.131. The predicted octanol–water partition coefficient (Wildman–Crippen LogP) is 3.02. The van der Waals surface area contributed by atoms with E-state index in [-0.39, 0.29) is 11.5 Å². The number of aromatic nitrogens is 3. The van der Waals surface area contributed by atoms with Gasteiger partial charge in [-0.1, -0.05) is 0 Å². The van der Waals surface area contributed by atoms with E-state index in [2.05, 4.69) is 9.97 Å². The predicted molar refractivity (Wildman–Crippen MR) is 97.1 cm³/mol. The highest BCUT2D eigenvalue weighted by Crippen LogP contribution is 2.32. The van der Waals surface area contributed by atoms with Gasteiger partial charge in [0.2, 0.25) is 0 Å². The van der Waals surface area contributed by atoms with E-state index in [4.69, 9.17) is 5.73 Å². The minimum Gasteiger partial charge on any atom is -0.355 e. The standard InChI is InChI=1S/C19H20F3N5/c1-10-24-17-3-4-18(25-19(17)26(10)2)27-6-5-11(16(23)9-27)12-7-14(21)15(22)8-13(12)20/h3-4,7-8,11,16H,5-6,9,23H2,1-2H3/t11-,16+/m1/s1. The largest absolute Gasteiger partial charge is 0.355 e. The van der Waals surface area contributed by atoms with Crippen molar-refractivity contribution in [3.05, 3.63) is 53.1 Å². The van der Waals surface area contributed by atoms with E-state index in [0.29, 0.717) is 25.6 Å². The van der Waals surface area contributed by atoms with Crippen molar-refractivity contribution in [1.29, 1.82) is 0 Å². The van der Waals surface area contributed by atoms with Crippen LogP contribution < -0.4 is 10.6 Å². The van der Waals surface area contributed by atoms with Crippen molar-refractivity contribution in [2.75, 3.05) is 18.0 Å². The maximum absolute atomic E-state index is 14.1. The highest BCUT2D eigenvalue weighted by molar-refractivity contribution is 5.74. The van der Waals surface area contributed by atoms with Crippen LogP contribution in [0.15, 0.2) is 24.3 Å². The lowest BCUT2D eigenvalue weighted by Crippen LogP contribution is -2.48. The summed E-state index contributed by atoms with van der Waals surface area (Å²) in [7, 11) is 1.91. The lowest BCUT2D eigenvalue weighted by atomic mass is 9.85. The fourth-order valence-corrected chi connectivity index (χ4v) is 3.74. The normalized spacial score (nSPS) is 20.4. The summed E-state index contributed by atoms with van der Waals surface area (Å²) in [6, 6.07) is 4.89. The Morgan fingerprint density at radius 2 is 1.81 bits per heavy atom. The van der Waals surface area contributed by atoms with Crippen LogP contribution in [0, 0.1) is 24.4 Å². The van der Waals surface area contributed by atoms with Crippen LogP contribution in [-0.4, -0.2) is 33.7 Å². The van der Waals surface area contributed by atoms with Crippen LogP contribution in [0.3, 0.4) is 0 Å². The summed E-state index contributed by atoms with van der Waals surface area (Å²) >= 11 is 0. The van der Waals surface area contributed by atoms with E-state index in [9.17, 15) is 13.2 Å². The fraction of sp³-hybridized carbons (Fsp3) is 0.368. The van der Waals surface area contributed by atoms with Crippen molar-refractivity contribution < 1.29 is 13.2 Å². The smallest absolute Gasteiger partial charge is 0.162 e. The molecule has 3 heterocycles. The summed E-state index contributed by atoms with van der Waals surface area (Å²) in [4.78, 5) is 11.2. The molecule has 1 aromatic carbocycles. The molecule has 0 radical (unpaired) electrons. The first-order valence-electron chi connectivity index (χ1n) is 8.80. The Balaban J connectivity index is 1.59. The molecule has 1 aliphatic rings. The fourth-order valence-electron chi connectivity index (χ4n) is 3.74.